The summed E-state index contributed by atoms with van der Waals surface area (Å²) in [6.45, 7) is 0.884. The molecule has 0 aliphatic carbocycles. The SMILES string of the molecule is [CH2-][NH2+]CCc1ccc(S(N)(=O)=O)cc1. The minimum atomic E-state index is -3.56. The van der Waals surface area contributed by atoms with Crippen LogP contribution in [0.2, 0.25) is 0 Å². The van der Waals surface area contributed by atoms with Gasteiger partial charge in [-0.15, -0.1) is 0 Å². The second-order valence-corrected chi connectivity index (χ2v) is 4.58. The van der Waals surface area contributed by atoms with E-state index in [2.05, 4.69) is 7.05 Å². The van der Waals surface area contributed by atoms with Crippen molar-refractivity contribution in [3.8, 4) is 0 Å². The number of benzene rings is 1. The number of hydrogen-bond acceptors (Lipinski definition) is 2. The highest BCUT2D eigenvalue weighted by Crippen LogP contribution is 2.08. The fourth-order valence-electron chi connectivity index (χ4n) is 1.11. The molecule has 14 heavy (non-hydrogen) atoms. The van der Waals surface area contributed by atoms with Crippen LogP contribution in [0.3, 0.4) is 0 Å². The fraction of sp³-hybridized carbons (Fsp3) is 0.222. The largest absolute Gasteiger partial charge is 0.479 e. The van der Waals surface area contributed by atoms with E-state index >= 15 is 0 Å². The Kier molecular flexibility index (Phi) is 3.62. The summed E-state index contributed by atoms with van der Waals surface area (Å²) in [4.78, 5) is 0.153. The molecule has 0 fully saturated rings. The maximum absolute atomic E-state index is 10.9. The molecule has 0 aliphatic rings. The summed E-state index contributed by atoms with van der Waals surface area (Å²) in [5.41, 5.74) is 1.08. The van der Waals surface area contributed by atoms with E-state index in [0.29, 0.717) is 0 Å². The lowest BCUT2D eigenvalue weighted by Crippen LogP contribution is -2.77. The second-order valence-electron chi connectivity index (χ2n) is 3.02. The van der Waals surface area contributed by atoms with E-state index in [0.717, 1.165) is 18.5 Å². The molecule has 0 atom stereocenters. The lowest BCUT2D eigenvalue weighted by atomic mass is 10.1. The van der Waals surface area contributed by atoms with Crippen molar-refractivity contribution in [2.24, 2.45) is 5.14 Å². The number of primary sulfonamides is 1. The van der Waals surface area contributed by atoms with E-state index in [1.165, 1.54) is 12.1 Å². The molecule has 78 valence electrons. The lowest BCUT2D eigenvalue weighted by Gasteiger charge is -2.02. The van der Waals surface area contributed by atoms with Gasteiger partial charge in [0.2, 0.25) is 10.0 Å². The molecule has 0 unspecified atom stereocenters. The lowest BCUT2D eigenvalue weighted by molar-refractivity contribution is -0.594. The van der Waals surface area contributed by atoms with Gasteiger partial charge in [-0.1, -0.05) is 12.1 Å². The van der Waals surface area contributed by atoms with Crippen molar-refractivity contribution < 1.29 is 13.7 Å². The summed E-state index contributed by atoms with van der Waals surface area (Å²) < 4.78 is 21.8. The summed E-state index contributed by atoms with van der Waals surface area (Å²) in [5, 5.41) is 6.79. The van der Waals surface area contributed by atoms with Gasteiger partial charge in [0.1, 0.15) is 0 Å². The first-order valence-corrected chi connectivity index (χ1v) is 5.81. The van der Waals surface area contributed by atoms with Crippen molar-refractivity contribution in [3.63, 3.8) is 0 Å². The molecule has 0 radical (unpaired) electrons. The molecule has 5 heteroatoms. The fourth-order valence-corrected chi connectivity index (χ4v) is 1.63. The predicted molar refractivity (Wildman–Crippen MR) is 53.7 cm³/mol. The zero-order valence-electron chi connectivity index (χ0n) is 7.81. The Balaban J connectivity index is 2.79. The van der Waals surface area contributed by atoms with Crippen LogP contribution >= 0.6 is 0 Å². The molecule has 0 heterocycles. The van der Waals surface area contributed by atoms with Crippen LogP contribution in [0.25, 0.3) is 0 Å². The van der Waals surface area contributed by atoms with Crippen LogP contribution in [0.15, 0.2) is 29.2 Å². The summed E-state index contributed by atoms with van der Waals surface area (Å²) in [7, 11) is 0.0564. The first kappa shape index (κ1) is 11.2. The van der Waals surface area contributed by atoms with Gasteiger partial charge in [0.05, 0.1) is 11.4 Å². The molecule has 0 bridgehead atoms. The van der Waals surface area contributed by atoms with Gasteiger partial charge in [-0.2, -0.15) is 7.05 Å². The molecule has 0 aliphatic heterocycles. The van der Waals surface area contributed by atoms with Gasteiger partial charge in [-0.25, -0.2) is 13.6 Å². The highest BCUT2D eigenvalue weighted by atomic mass is 32.2. The van der Waals surface area contributed by atoms with Crippen LogP contribution in [0.1, 0.15) is 5.56 Å². The van der Waals surface area contributed by atoms with Crippen LogP contribution in [0.5, 0.6) is 0 Å². The third kappa shape index (κ3) is 3.10. The van der Waals surface area contributed by atoms with E-state index in [-0.39, 0.29) is 4.90 Å². The molecule has 0 spiro atoms. The molecule has 4 N–H and O–H groups in total. The Bertz CT molecular complexity index is 384. The van der Waals surface area contributed by atoms with Crippen molar-refractivity contribution in [2.75, 3.05) is 6.54 Å². The highest BCUT2D eigenvalue weighted by Gasteiger charge is 2.06. The Hall–Kier alpha value is -0.910. The van der Waals surface area contributed by atoms with Gasteiger partial charge in [0, 0.05) is 6.42 Å². The zero-order chi connectivity index (χ0) is 10.6. The summed E-state index contributed by atoms with van der Waals surface area (Å²) in [6.07, 6.45) is 0.869. The smallest absolute Gasteiger partial charge is 0.238 e. The number of sulfonamides is 1. The van der Waals surface area contributed by atoms with Crippen molar-refractivity contribution >= 4 is 10.0 Å². The summed E-state index contributed by atoms with van der Waals surface area (Å²) >= 11 is 0. The molecule has 1 rings (SSSR count). The quantitative estimate of drug-likeness (QED) is 0.646. The van der Waals surface area contributed by atoms with Crippen LogP contribution in [0.4, 0.5) is 0 Å². The number of hydrogen-bond donors (Lipinski definition) is 2. The number of rotatable bonds is 4. The Labute approximate surface area is 84.2 Å². The Morgan fingerprint density at radius 1 is 1.29 bits per heavy atom. The molecule has 1 aromatic rings. The molecule has 0 saturated heterocycles. The predicted octanol–water partition coefficient (Wildman–Crippen LogP) is -0.769. The van der Waals surface area contributed by atoms with Crippen LogP contribution in [-0.4, -0.2) is 15.0 Å². The number of quaternary nitrogens is 1. The molecule has 0 amide bonds. The Morgan fingerprint density at radius 2 is 1.86 bits per heavy atom. The maximum atomic E-state index is 10.9. The van der Waals surface area contributed by atoms with Gasteiger partial charge in [-0.3, -0.25) is 0 Å². The van der Waals surface area contributed by atoms with Gasteiger partial charge in [-0.05, 0) is 17.7 Å². The van der Waals surface area contributed by atoms with Crippen LogP contribution < -0.4 is 10.5 Å². The zero-order valence-corrected chi connectivity index (χ0v) is 8.63. The third-order valence-electron chi connectivity index (χ3n) is 1.89. The normalized spacial score (nSPS) is 11.6. The van der Waals surface area contributed by atoms with Gasteiger partial charge >= 0.3 is 0 Å². The molecule has 4 nitrogen and oxygen atoms in total. The topological polar surface area (TPSA) is 76.8 Å². The molecule has 0 saturated carbocycles. The monoisotopic (exact) mass is 214 g/mol. The first-order chi connectivity index (χ1) is 6.54. The van der Waals surface area contributed by atoms with Crippen molar-refractivity contribution in [1.82, 2.24) is 0 Å². The Morgan fingerprint density at radius 3 is 2.29 bits per heavy atom. The minimum absolute atomic E-state index is 0.153. The second kappa shape index (κ2) is 4.54. The number of nitrogens with two attached hydrogens (primary N) is 2. The van der Waals surface area contributed by atoms with Gasteiger partial charge < -0.3 is 5.32 Å². The van der Waals surface area contributed by atoms with Crippen LogP contribution in [0, 0.1) is 7.05 Å². The van der Waals surface area contributed by atoms with Crippen molar-refractivity contribution in [1.29, 1.82) is 0 Å². The molecule has 1 aromatic carbocycles. The van der Waals surface area contributed by atoms with Gasteiger partial charge in [0.25, 0.3) is 0 Å². The van der Waals surface area contributed by atoms with E-state index in [1.54, 1.807) is 12.1 Å². The summed E-state index contributed by atoms with van der Waals surface area (Å²) in [6, 6.07) is 6.58. The van der Waals surface area contributed by atoms with Gasteiger partial charge in [0.15, 0.2) is 0 Å². The molecular weight excluding hydrogens is 200 g/mol. The molecular formula is C9H14N2O2S. The third-order valence-corrected chi connectivity index (χ3v) is 2.82. The van der Waals surface area contributed by atoms with E-state index in [4.69, 9.17) is 5.14 Å². The van der Waals surface area contributed by atoms with E-state index in [1.807, 2.05) is 5.32 Å². The van der Waals surface area contributed by atoms with E-state index in [9.17, 15) is 8.42 Å². The van der Waals surface area contributed by atoms with E-state index < -0.39 is 10.0 Å². The summed E-state index contributed by atoms with van der Waals surface area (Å²) in [5.74, 6) is 0. The highest BCUT2D eigenvalue weighted by molar-refractivity contribution is 7.89. The molecule has 0 aromatic heterocycles. The maximum Gasteiger partial charge on any atom is 0.238 e. The van der Waals surface area contributed by atoms with Crippen LogP contribution in [-0.2, 0) is 16.4 Å². The average molecular weight is 214 g/mol. The minimum Gasteiger partial charge on any atom is -0.479 e. The van der Waals surface area contributed by atoms with Crippen molar-refractivity contribution in [2.45, 2.75) is 11.3 Å². The first-order valence-electron chi connectivity index (χ1n) is 4.26. The van der Waals surface area contributed by atoms with Crippen molar-refractivity contribution in [3.05, 3.63) is 36.9 Å². The standard InChI is InChI=1S/C9H14N2O2S/c1-11-7-6-8-2-4-9(5-3-8)14(10,12)13/h2-5H,1,6-7,11H2,(H2,10,12,13). The average Bonchev–Trinajstić information content (AvgIpc) is 2.14.